The maximum atomic E-state index is 6.09. The molecule has 0 fully saturated rings. The van der Waals surface area contributed by atoms with E-state index in [4.69, 9.17) is 46.4 Å². The number of anilines is 2. The quantitative estimate of drug-likeness (QED) is 0.667. The van der Waals surface area contributed by atoms with Gasteiger partial charge in [-0.1, -0.05) is 52.5 Å². The average Bonchev–Trinajstić information content (AvgIpc) is 2.34. The fraction of sp³-hybridized carbons (Fsp3) is 0.0769. The molecule has 0 aliphatic heterocycles. The second-order valence-corrected chi connectivity index (χ2v) is 5.56. The zero-order chi connectivity index (χ0) is 14.0. The lowest BCUT2D eigenvalue weighted by atomic mass is 10.2. The molecular formula is C13H10Cl4N2. The first-order valence-corrected chi connectivity index (χ1v) is 6.92. The molecule has 0 bridgehead atoms. The summed E-state index contributed by atoms with van der Waals surface area (Å²) >= 11 is 24.2. The van der Waals surface area contributed by atoms with Crippen molar-refractivity contribution in [1.82, 2.24) is 0 Å². The molecule has 0 heterocycles. The van der Waals surface area contributed by atoms with Gasteiger partial charge in [-0.25, -0.2) is 0 Å². The number of hydrogen-bond acceptors (Lipinski definition) is 2. The van der Waals surface area contributed by atoms with E-state index in [9.17, 15) is 0 Å². The Labute approximate surface area is 131 Å². The summed E-state index contributed by atoms with van der Waals surface area (Å²) < 4.78 is 0. The summed E-state index contributed by atoms with van der Waals surface area (Å²) in [7, 11) is 0. The van der Waals surface area contributed by atoms with Crippen molar-refractivity contribution in [3.05, 3.63) is 56.0 Å². The van der Waals surface area contributed by atoms with Gasteiger partial charge in [0.15, 0.2) is 0 Å². The lowest BCUT2D eigenvalue weighted by molar-refractivity contribution is 1.38. The van der Waals surface area contributed by atoms with Gasteiger partial charge in [0.2, 0.25) is 0 Å². The Morgan fingerprint density at radius 2 is 1.42 bits per heavy atom. The number of halogens is 4. The molecule has 0 aliphatic rings. The van der Waals surface area contributed by atoms with Gasteiger partial charge in [-0.3, -0.25) is 10.9 Å². The summed E-state index contributed by atoms with van der Waals surface area (Å²) in [4.78, 5) is 0. The van der Waals surface area contributed by atoms with Crippen molar-refractivity contribution in [3.63, 3.8) is 0 Å². The van der Waals surface area contributed by atoms with Crippen molar-refractivity contribution in [2.75, 3.05) is 10.9 Å². The summed E-state index contributed by atoms with van der Waals surface area (Å²) in [5, 5.41) is 2.15. The molecule has 2 aromatic rings. The number of benzene rings is 2. The van der Waals surface area contributed by atoms with Crippen LogP contribution in [0.25, 0.3) is 0 Å². The van der Waals surface area contributed by atoms with E-state index >= 15 is 0 Å². The molecule has 0 amide bonds. The molecule has 0 aliphatic carbocycles. The van der Waals surface area contributed by atoms with Gasteiger partial charge in [0.1, 0.15) is 0 Å². The summed E-state index contributed by atoms with van der Waals surface area (Å²) in [5.74, 6) is 0. The van der Waals surface area contributed by atoms with Gasteiger partial charge in [-0.05, 0) is 36.8 Å². The van der Waals surface area contributed by atoms with E-state index < -0.39 is 0 Å². The molecular weight excluding hydrogens is 326 g/mol. The van der Waals surface area contributed by atoms with Crippen molar-refractivity contribution in [3.8, 4) is 0 Å². The molecule has 2 N–H and O–H groups in total. The van der Waals surface area contributed by atoms with E-state index in [1.165, 1.54) is 0 Å². The highest BCUT2D eigenvalue weighted by atomic mass is 35.5. The average molecular weight is 336 g/mol. The molecule has 2 rings (SSSR count). The highest BCUT2D eigenvalue weighted by molar-refractivity contribution is 6.39. The van der Waals surface area contributed by atoms with Crippen LogP contribution in [-0.4, -0.2) is 0 Å². The van der Waals surface area contributed by atoms with Crippen LogP contribution < -0.4 is 10.9 Å². The van der Waals surface area contributed by atoms with Crippen molar-refractivity contribution in [1.29, 1.82) is 0 Å². The summed E-state index contributed by atoms with van der Waals surface area (Å²) in [6, 6.07) is 8.77. The largest absolute Gasteiger partial charge is 0.299 e. The number of hydrogen-bond donors (Lipinski definition) is 2. The molecule has 2 nitrogen and oxygen atoms in total. The van der Waals surface area contributed by atoms with Gasteiger partial charge in [0.25, 0.3) is 0 Å². The monoisotopic (exact) mass is 334 g/mol. The van der Waals surface area contributed by atoms with Gasteiger partial charge >= 0.3 is 0 Å². The zero-order valence-electron chi connectivity index (χ0n) is 9.90. The molecule has 0 saturated heterocycles. The Balaban J connectivity index is 2.22. The third kappa shape index (κ3) is 3.40. The second-order valence-electron chi connectivity index (χ2n) is 3.93. The van der Waals surface area contributed by atoms with Crippen molar-refractivity contribution in [2.24, 2.45) is 0 Å². The molecule has 2 aromatic carbocycles. The Hall–Kier alpha value is -0.800. The van der Waals surface area contributed by atoms with E-state index in [-0.39, 0.29) is 0 Å². The number of para-hydroxylation sites is 1. The summed E-state index contributed by atoms with van der Waals surface area (Å²) in [5.41, 5.74) is 8.12. The van der Waals surface area contributed by atoms with Gasteiger partial charge < -0.3 is 0 Å². The predicted octanol–water partition coefficient (Wildman–Crippen LogP) is 6.05. The van der Waals surface area contributed by atoms with Gasteiger partial charge in [0, 0.05) is 5.02 Å². The predicted molar refractivity (Wildman–Crippen MR) is 84.9 cm³/mol. The molecule has 0 aromatic heterocycles. The molecule has 100 valence electrons. The van der Waals surface area contributed by atoms with Crippen LogP contribution in [0.5, 0.6) is 0 Å². The minimum atomic E-state index is 0.506. The SMILES string of the molecule is Cc1cc(NNc2c(Cl)cccc2Cl)c(Cl)cc1Cl. The maximum Gasteiger partial charge on any atom is 0.0912 e. The Kier molecular flexibility index (Phi) is 4.69. The molecule has 0 radical (unpaired) electrons. The Bertz CT molecular complexity index is 594. The van der Waals surface area contributed by atoms with E-state index in [1.54, 1.807) is 24.3 Å². The van der Waals surface area contributed by atoms with Gasteiger partial charge in [0.05, 0.1) is 26.4 Å². The Morgan fingerprint density at radius 1 is 0.789 bits per heavy atom. The van der Waals surface area contributed by atoms with Crippen LogP contribution in [0.2, 0.25) is 20.1 Å². The first-order valence-electron chi connectivity index (χ1n) is 5.40. The van der Waals surface area contributed by atoms with Crippen LogP contribution in [0.1, 0.15) is 5.56 Å². The van der Waals surface area contributed by atoms with Crippen LogP contribution in [0.3, 0.4) is 0 Å². The van der Waals surface area contributed by atoms with Crippen LogP contribution in [-0.2, 0) is 0 Å². The number of nitrogens with one attached hydrogen (secondary N) is 2. The third-order valence-corrected chi connectivity index (χ3v) is 3.88. The van der Waals surface area contributed by atoms with E-state index in [0.29, 0.717) is 31.5 Å². The standard InChI is InChI=1S/C13H10Cl4N2/c1-7-5-12(11(17)6-10(7)16)18-19-13-8(14)3-2-4-9(13)15/h2-6,18-19H,1H3. The first-order chi connectivity index (χ1) is 8.99. The molecule has 0 atom stereocenters. The van der Waals surface area contributed by atoms with Crippen LogP contribution in [0, 0.1) is 6.92 Å². The van der Waals surface area contributed by atoms with Crippen LogP contribution in [0.15, 0.2) is 30.3 Å². The van der Waals surface area contributed by atoms with Crippen molar-refractivity contribution in [2.45, 2.75) is 6.92 Å². The lowest BCUT2D eigenvalue weighted by Crippen LogP contribution is -2.10. The minimum Gasteiger partial charge on any atom is -0.299 e. The topological polar surface area (TPSA) is 24.1 Å². The molecule has 19 heavy (non-hydrogen) atoms. The smallest absolute Gasteiger partial charge is 0.0912 e. The normalized spacial score (nSPS) is 10.4. The molecule has 0 unspecified atom stereocenters. The minimum absolute atomic E-state index is 0.506. The van der Waals surface area contributed by atoms with Crippen molar-refractivity contribution >= 4 is 57.8 Å². The van der Waals surface area contributed by atoms with E-state index in [2.05, 4.69) is 10.9 Å². The highest BCUT2D eigenvalue weighted by Gasteiger charge is 2.07. The third-order valence-electron chi connectivity index (χ3n) is 2.53. The van der Waals surface area contributed by atoms with E-state index in [0.717, 1.165) is 5.56 Å². The zero-order valence-corrected chi connectivity index (χ0v) is 12.9. The molecule has 0 saturated carbocycles. The summed E-state index contributed by atoms with van der Waals surface area (Å²) in [6.07, 6.45) is 0. The Morgan fingerprint density at radius 3 is 2.05 bits per heavy atom. The lowest BCUT2D eigenvalue weighted by Gasteiger charge is -2.14. The molecule has 0 spiro atoms. The van der Waals surface area contributed by atoms with E-state index in [1.807, 2.05) is 13.0 Å². The first kappa shape index (κ1) is 14.6. The number of rotatable bonds is 3. The van der Waals surface area contributed by atoms with Gasteiger partial charge in [-0.2, -0.15) is 0 Å². The number of hydrazine groups is 1. The summed E-state index contributed by atoms with van der Waals surface area (Å²) in [6.45, 7) is 1.90. The van der Waals surface area contributed by atoms with Gasteiger partial charge in [-0.15, -0.1) is 0 Å². The fourth-order valence-electron chi connectivity index (χ4n) is 1.50. The number of aryl methyl sites for hydroxylation is 1. The van der Waals surface area contributed by atoms with Crippen LogP contribution in [0.4, 0.5) is 11.4 Å². The molecule has 6 heteroatoms. The van der Waals surface area contributed by atoms with Crippen LogP contribution >= 0.6 is 46.4 Å². The highest BCUT2D eigenvalue weighted by Crippen LogP contribution is 2.32. The fourth-order valence-corrected chi connectivity index (χ4v) is 2.42. The van der Waals surface area contributed by atoms with Crippen molar-refractivity contribution < 1.29 is 0 Å². The maximum absolute atomic E-state index is 6.09. The second kappa shape index (κ2) is 6.10.